The number of esters is 2. The van der Waals surface area contributed by atoms with Gasteiger partial charge in [0, 0.05) is 12.8 Å². The number of aliphatic hydroxyl groups is 5. The zero-order valence-electron chi connectivity index (χ0n) is 35.5. The van der Waals surface area contributed by atoms with E-state index in [1.807, 2.05) is 12.2 Å². The molecule has 59 heavy (non-hydrogen) atoms. The van der Waals surface area contributed by atoms with Gasteiger partial charge in [0.2, 0.25) is 0 Å². The number of phosphoric acid groups is 1. The summed E-state index contributed by atoms with van der Waals surface area (Å²) in [6, 6.07) is 0. The molecule has 8 atom stereocenters. The molecule has 1 saturated carbocycles. The highest BCUT2D eigenvalue weighted by Crippen LogP contribution is 2.47. The summed E-state index contributed by atoms with van der Waals surface area (Å²) in [6.07, 6.45) is 29.7. The summed E-state index contributed by atoms with van der Waals surface area (Å²) in [4.78, 5) is 35.6. The predicted octanol–water partition coefficient (Wildman–Crippen LogP) is 7.94. The number of carbonyl (C=O) groups is 2. The van der Waals surface area contributed by atoms with Crippen LogP contribution in [0.4, 0.5) is 0 Å². The van der Waals surface area contributed by atoms with Crippen LogP contribution in [-0.4, -0.2) is 98.3 Å². The minimum atomic E-state index is -5.14. The fourth-order valence-corrected chi connectivity index (χ4v) is 6.99. The van der Waals surface area contributed by atoms with Crippen molar-refractivity contribution in [3.8, 4) is 0 Å². The van der Waals surface area contributed by atoms with Crippen LogP contribution in [-0.2, 0) is 32.7 Å². The van der Waals surface area contributed by atoms with E-state index in [-0.39, 0.29) is 12.8 Å². The lowest BCUT2D eigenvalue weighted by molar-refractivity contribution is -0.220. The standard InChI is InChI=1S/C45H75O13P/c1-3-5-7-9-11-13-15-17-18-19-20-22-24-26-28-30-32-34-39(47)57-37(36-56-59(53,54)58-45-43(51)41(49)40(48)42(50)44(45)52)35-55-38(46)33-31-29-27-25-23-21-16-14-12-10-8-6-4-2/h5,7,11,13-14,16-18,20,22,26,28,37,40-45,48-52H,3-4,6,8-10,12,15,19,21,23-25,27,29-36H2,1-2H3,(H,53,54)/b7-5+,13-11+,16-14+,18-17+,22-20+,28-26+/t37-,40?,41+,42?,43?,44?,45?/m1/s1. The number of hydrogen-bond donors (Lipinski definition) is 6. The molecule has 0 spiro atoms. The third-order valence-corrected chi connectivity index (χ3v) is 10.5. The lowest BCUT2D eigenvalue weighted by atomic mass is 9.85. The van der Waals surface area contributed by atoms with Crippen LogP contribution in [0.25, 0.3) is 0 Å². The molecular weight excluding hydrogens is 779 g/mol. The number of aliphatic hydroxyl groups excluding tert-OH is 5. The van der Waals surface area contributed by atoms with Crippen LogP contribution in [0.3, 0.4) is 0 Å². The van der Waals surface area contributed by atoms with E-state index >= 15 is 0 Å². The molecule has 0 bridgehead atoms. The first-order valence-corrected chi connectivity index (χ1v) is 23.2. The van der Waals surface area contributed by atoms with Gasteiger partial charge in [-0.05, 0) is 77.0 Å². The van der Waals surface area contributed by atoms with E-state index in [4.69, 9.17) is 18.5 Å². The first-order valence-electron chi connectivity index (χ1n) is 21.7. The highest BCUT2D eigenvalue weighted by Gasteiger charge is 2.51. The second-order valence-corrected chi connectivity index (χ2v) is 16.2. The van der Waals surface area contributed by atoms with Crippen LogP contribution in [0.5, 0.6) is 0 Å². The number of allylic oxidation sites excluding steroid dienone is 12. The molecule has 1 fully saturated rings. The molecule has 14 heteroatoms. The Balaban J connectivity index is 2.55. The Bertz CT molecular complexity index is 1310. The molecule has 0 heterocycles. The van der Waals surface area contributed by atoms with Gasteiger partial charge >= 0.3 is 19.8 Å². The highest BCUT2D eigenvalue weighted by atomic mass is 31.2. The maximum absolute atomic E-state index is 12.8. The Kier molecular flexibility index (Phi) is 32.2. The smallest absolute Gasteiger partial charge is 0.462 e. The Hall–Kier alpha value is -2.71. The largest absolute Gasteiger partial charge is 0.472 e. The first-order chi connectivity index (χ1) is 28.4. The highest BCUT2D eigenvalue weighted by molar-refractivity contribution is 7.47. The van der Waals surface area contributed by atoms with Crippen LogP contribution in [0.15, 0.2) is 72.9 Å². The number of phosphoric ester groups is 1. The van der Waals surface area contributed by atoms with E-state index in [0.717, 1.165) is 70.6 Å². The van der Waals surface area contributed by atoms with E-state index in [9.17, 15) is 44.6 Å². The molecule has 1 aliphatic rings. The zero-order chi connectivity index (χ0) is 43.6. The molecule has 0 aromatic heterocycles. The fraction of sp³-hybridized carbons (Fsp3) is 0.689. The van der Waals surface area contributed by atoms with Gasteiger partial charge in [0.25, 0.3) is 0 Å². The second kappa shape index (κ2) is 34.9. The molecule has 0 aliphatic heterocycles. The molecular formula is C45H75O13P. The van der Waals surface area contributed by atoms with Crippen molar-refractivity contribution in [3.63, 3.8) is 0 Å². The molecule has 1 rings (SSSR count). The Labute approximate surface area is 353 Å². The van der Waals surface area contributed by atoms with Crippen molar-refractivity contribution < 1.29 is 63.1 Å². The molecule has 0 radical (unpaired) electrons. The van der Waals surface area contributed by atoms with Gasteiger partial charge < -0.3 is 39.9 Å². The lowest BCUT2D eigenvalue weighted by Crippen LogP contribution is -2.64. The third kappa shape index (κ3) is 27.7. The first kappa shape index (κ1) is 54.3. The van der Waals surface area contributed by atoms with Crippen LogP contribution < -0.4 is 0 Å². The van der Waals surface area contributed by atoms with Crippen molar-refractivity contribution >= 4 is 19.8 Å². The van der Waals surface area contributed by atoms with Gasteiger partial charge in [0.1, 0.15) is 43.2 Å². The van der Waals surface area contributed by atoms with Crippen molar-refractivity contribution in [1.82, 2.24) is 0 Å². The summed E-state index contributed by atoms with van der Waals surface area (Å²) >= 11 is 0. The molecule has 0 aromatic rings. The Morgan fingerprint density at radius 1 is 0.542 bits per heavy atom. The summed E-state index contributed by atoms with van der Waals surface area (Å²) in [5, 5.41) is 50.1. The van der Waals surface area contributed by atoms with E-state index in [2.05, 4.69) is 74.6 Å². The summed E-state index contributed by atoms with van der Waals surface area (Å²) < 4.78 is 33.4. The van der Waals surface area contributed by atoms with Gasteiger partial charge in [0.15, 0.2) is 6.10 Å². The topological polar surface area (TPSA) is 210 Å². The summed E-state index contributed by atoms with van der Waals surface area (Å²) in [7, 11) is -5.14. The fourth-order valence-electron chi connectivity index (χ4n) is 6.02. The van der Waals surface area contributed by atoms with Gasteiger partial charge in [-0.15, -0.1) is 0 Å². The van der Waals surface area contributed by atoms with Gasteiger partial charge in [-0.3, -0.25) is 18.6 Å². The van der Waals surface area contributed by atoms with E-state index < -0.39 is 75.7 Å². The quantitative estimate of drug-likeness (QED) is 0.0157. The molecule has 6 unspecified atom stereocenters. The average Bonchev–Trinajstić information content (AvgIpc) is 3.21. The monoisotopic (exact) mass is 854 g/mol. The van der Waals surface area contributed by atoms with Crippen LogP contribution >= 0.6 is 7.82 Å². The molecule has 13 nitrogen and oxygen atoms in total. The van der Waals surface area contributed by atoms with Crippen molar-refractivity contribution in [2.24, 2.45) is 0 Å². The number of carbonyl (C=O) groups excluding carboxylic acids is 2. The third-order valence-electron chi connectivity index (χ3n) is 9.53. The second-order valence-electron chi connectivity index (χ2n) is 14.8. The SMILES string of the molecule is CC/C=C/C/C=C/C/C=C/C/C=C/C/C=C/CCCC(=O)O[C@H](COC(=O)CCCCCCC/C=C/CCCCCC)COP(=O)(O)OC1C(O)C(O)C(O)[C@H](O)C1O. The molecule has 0 saturated heterocycles. The van der Waals surface area contributed by atoms with E-state index in [0.29, 0.717) is 19.3 Å². The summed E-state index contributed by atoms with van der Waals surface area (Å²) in [5.41, 5.74) is 0. The van der Waals surface area contributed by atoms with Crippen LogP contribution in [0, 0.1) is 0 Å². The maximum Gasteiger partial charge on any atom is 0.472 e. The summed E-state index contributed by atoms with van der Waals surface area (Å²) in [5.74, 6) is -1.19. The molecule has 1 aliphatic carbocycles. The van der Waals surface area contributed by atoms with Crippen LogP contribution in [0.2, 0.25) is 0 Å². The van der Waals surface area contributed by atoms with Gasteiger partial charge in [-0.2, -0.15) is 0 Å². The molecule has 6 N–H and O–H groups in total. The zero-order valence-corrected chi connectivity index (χ0v) is 36.4. The van der Waals surface area contributed by atoms with E-state index in [1.165, 1.54) is 25.7 Å². The van der Waals surface area contributed by atoms with Gasteiger partial charge in [0.05, 0.1) is 6.61 Å². The normalized spacial score (nSPS) is 23.1. The summed E-state index contributed by atoms with van der Waals surface area (Å²) in [6.45, 7) is 3.09. The lowest BCUT2D eigenvalue weighted by Gasteiger charge is -2.41. The maximum atomic E-state index is 12.8. The van der Waals surface area contributed by atoms with Crippen molar-refractivity contribution in [3.05, 3.63) is 72.9 Å². The average molecular weight is 855 g/mol. The minimum Gasteiger partial charge on any atom is -0.462 e. The van der Waals surface area contributed by atoms with Crippen LogP contribution in [0.1, 0.15) is 142 Å². The number of rotatable bonds is 34. The number of ether oxygens (including phenoxy) is 2. The predicted molar refractivity (Wildman–Crippen MR) is 230 cm³/mol. The van der Waals surface area contributed by atoms with Crippen molar-refractivity contribution in [2.75, 3.05) is 13.2 Å². The molecule has 0 amide bonds. The van der Waals surface area contributed by atoms with Crippen molar-refractivity contribution in [2.45, 2.75) is 185 Å². The number of hydrogen-bond acceptors (Lipinski definition) is 12. The molecule has 0 aromatic carbocycles. The van der Waals surface area contributed by atoms with E-state index in [1.54, 1.807) is 0 Å². The number of unbranched alkanes of at least 4 members (excludes halogenated alkanes) is 10. The van der Waals surface area contributed by atoms with Gasteiger partial charge in [-0.1, -0.05) is 125 Å². The Morgan fingerprint density at radius 2 is 0.983 bits per heavy atom. The Morgan fingerprint density at radius 3 is 1.54 bits per heavy atom. The van der Waals surface area contributed by atoms with Crippen molar-refractivity contribution in [1.29, 1.82) is 0 Å². The minimum absolute atomic E-state index is 0.0132. The molecule has 338 valence electrons. The van der Waals surface area contributed by atoms with Gasteiger partial charge in [-0.25, -0.2) is 4.57 Å².